The lowest BCUT2D eigenvalue weighted by atomic mass is 10.1. The molecule has 112 valence electrons. The number of rotatable bonds is 6. The van der Waals surface area contributed by atoms with E-state index < -0.39 is 17.7 Å². The number of carboxylic acid groups (broad SMARTS) is 1. The van der Waals surface area contributed by atoms with Gasteiger partial charge in [-0.15, -0.1) is 0 Å². The van der Waals surface area contributed by atoms with Gasteiger partial charge in [-0.1, -0.05) is 25.1 Å². The molecule has 0 bridgehead atoms. The van der Waals surface area contributed by atoms with Gasteiger partial charge in [-0.2, -0.15) is 13.2 Å². The maximum atomic E-state index is 12.9. The smallest absolute Gasteiger partial charge is 0.416 e. The monoisotopic (exact) mass is 289 g/mol. The van der Waals surface area contributed by atoms with Crippen LogP contribution in [0.2, 0.25) is 0 Å². The third-order valence-corrected chi connectivity index (χ3v) is 3.25. The summed E-state index contributed by atoms with van der Waals surface area (Å²) in [5.74, 6) is -1.05. The zero-order valence-corrected chi connectivity index (χ0v) is 11.4. The van der Waals surface area contributed by atoms with Gasteiger partial charge in [0.25, 0.3) is 0 Å². The van der Waals surface area contributed by atoms with Crippen LogP contribution >= 0.6 is 0 Å². The second kappa shape index (κ2) is 6.74. The van der Waals surface area contributed by atoms with Crippen molar-refractivity contribution in [3.8, 4) is 0 Å². The summed E-state index contributed by atoms with van der Waals surface area (Å²) < 4.78 is 38.7. The Kier molecular flexibility index (Phi) is 5.56. The van der Waals surface area contributed by atoms with Crippen LogP contribution in [0.1, 0.15) is 31.4 Å². The van der Waals surface area contributed by atoms with Gasteiger partial charge in [-0.3, -0.25) is 9.69 Å². The molecule has 0 radical (unpaired) electrons. The summed E-state index contributed by atoms with van der Waals surface area (Å²) in [6.45, 7) is 3.37. The molecule has 3 nitrogen and oxygen atoms in total. The van der Waals surface area contributed by atoms with Crippen molar-refractivity contribution >= 4 is 5.97 Å². The number of aliphatic carboxylic acids is 1. The molecule has 0 saturated heterocycles. The number of hydrogen-bond acceptors (Lipinski definition) is 2. The second-order valence-electron chi connectivity index (χ2n) is 4.71. The van der Waals surface area contributed by atoms with E-state index in [0.29, 0.717) is 6.42 Å². The van der Waals surface area contributed by atoms with Crippen LogP contribution in [0.3, 0.4) is 0 Å². The molecule has 0 spiro atoms. The maximum Gasteiger partial charge on any atom is 0.416 e. The van der Waals surface area contributed by atoms with Crippen LogP contribution in [0.15, 0.2) is 24.3 Å². The van der Waals surface area contributed by atoms with Gasteiger partial charge >= 0.3 is 12.1 Å². The summed E-state index contributed by atoms with van der Waals surface area (Å²) in [7, 11) is 0. The quantitative estimate of drug-likeness (QED) is 0.872. The Morgan fingerprint density at radius 3 is 2.45 bits per heavy atom. The molecule has 6 heteroatoms. The van der Waals surface area contributed by atoms with Gasteiger partial charge in [0.1, 0.15) is 0 Å². The molecule has 1 N–H and O–H groups in total. The van der Waals surface area contributed by atoms with Crippen LogP contribution in [-0.2, 0) is 17.5 Å². The molecule has 0 aromatic heterocycles. The number of nitrogens with zero attached hydrogens (tertiary/aromatic N) is 1. The molecule has 1 unspecified atom stereocenters. The minimum atomic E-state index is -4.43. The topological polar surface area (TPSA) is 40.5 Å². The molecule has 1 rings (SSSR count). The predicted octanol–water partition coefficient (Wildman–Crippen LogP) is 3.39. The minimum absolute atomic E-state index is 0.0308. The van der Waals surface area contributed by atoms with Gasteiger partial charge in [0.05, 0.1) is 12.1 Å². The Bertz CT molecular complexity index is 460. The molecule has 0 fully saturated rings. The van der Waals surface area contributed by atoms with E-state index in [2.05, 4.69) is 0 Å². The van der Waals surface area contributed by atoms with Crippen molar-refractivity contribution < 1.29 is 23.1 Å². The fraction of sp³-hybridized carbons (Fsp3) is 0.500. The van der Waals surface area contributed by atoms with E-state index in [1.807, 2.05) is 6.92 Å². The van der Waals surface area contributed by atoms with Crippen molar-refractivity contribution in [1.29, 1.82) is 0 Å². The standard InChI is InChI=1S/C14H18F3NO2/c1-3-10(2)18(9-13(19)20)8-11-6-4-5-7-12(11)14(15,16)17/h4-7,10H,3,8-9H2,1-2H3,(H,19,20). The van der Waals surface area contributed by atoms with Crippen LogP contribution in [0, 0.1) is 0 Å². The van der Waals surface area contributed by atoms with Gasteiger partial charge in [0.15, 0.2) is 0 Å². The molecule has 0 amide bonds. The fourth-order valence-corrected chi connectivity index (χ4v) is 1.95. The van der Waals surface area contributed by atoms with Gasteiger partial charge in [-0.05, 0) is 25.0 Å². The van der Waals surface area contributed by atoms with Crippen LogP contribution in [-0.4, -0.2) is 28.6 Å². The molecule has 0 aliphatic carbocycles. The average Bonchev–Trinajstić information content (AvgIpc) is 2.36. The normalized spacial score (nSPS) is 13.5. The van der Waals surface area contributed by atoms with E-state index in [1.54, 1.807) is 6.92 Å². The van der Waals surface area contributed by atoms with Gasteiger partial charge in [-0.25, -0.2) is 0 Å². The number of halogens is 3. The van der Waals surface area contributed by atoms with Crippen molar-refractivity contribution in [3.05, 3.63) is 35.4 Å². The molecular formula is C14H18F3NO2. The Labute approximate surface area is 116 Å². The van der Waals surface area contributed by atoms with Crippen LogP contribution in [0.5, 0.6) is 0 Å². The first-order valence-electron chi connectivity index (χ1n) is 6.36. The summed E-state index contributed by atoms with van der Waals surface area (Å²) in [5, 5.41) is 8.87. The van der Waals surface area contributed by atoms with Crippen molar-refractivity contribution in [2.45, 2.75) is 39.0 Å². The Morgan fingerprint density at radius 2 is 1.95 bits per heavy atom. The largest absolute Gasteiger partial charge is 0.480 e. The molecular weight excluding hydrogens is 271 g/mol. The van der Waals surface area contributed by atoms with Crippen molar-refractivity contribution in [2.24, 2.45) is 0 Å². The zero-order chi connectivity index (χ0) is 15.3. The summed E-state index contributed by atoms with van der Waals surface area (Å²) in [4.78, 5) is 12.4. The third kappa shape index (κ3) is 4.52. The molecule has 1 atom stereocenters. The minimum Gasteiger partial charge on any atom is -0.480 e. The van der Waals surface area contributed by atoms with E-state index in [-0.39, 0.29) is 24.7 Å². The predicted molar refractivity (Wildman–Crippen MR) is 69.2 cm³/mol. The highest BCUT2D eigenvalue weighted by Crippen LogP contribution is 2.32. The van der Waals surface area contributed by atoms with E-state index >= 15 is 0 Å². The highest BCUT2D eigenvalue weighted by atomic mass is 19.4. The first-order valence-corrected chi connectivity index (χ1v) is 6.36. The van der Waals surface area contributed by atoms with Crippen molar-refractivity contribution in [2.75, 3.05) is 6.54 Å². The number of carboxylic acids is 1. The highest BCUT2D eigenvalue weighted by Gasteiger charge is 2.33. The molecule has 1 aromatic carbocycles. The van der Waals surface area contributed by atoms with Crippen molar-refractivity contribution in [3.63, 3.8) is 0 Å². The number of alkyl halides is 3. The lowest BCUT2D eigenvalue weighted by molar-refractivity contribution is -0.139. The first kappa shape index (κ1) is 16.5. The second-order valence-corrected chi connectivity index (χ2v) is 4.71. The van der Waals surface area contributed by atoms with Crippen LogP contribution < -0.4 is 0 Å². The highest BCUT2D eigenvalue weighted by molar-refractivity contribution is 5.69. The number of carbonyl (C=O) groups is 1. The van der Waals surface area contributed by atoms with Gasteiger partial charge in [0, 0.05) is 12.6 Å². The average molecular weight is 289 g/mol. The molecule has 0 heterocycles. The van der Waals surface area contributed by atoms with E-state index in [9.17, 15) is 18.0 Å². The van der Waals surface area contributed by atoms with E-state index in [0.717, 1.165) is 6.07 Å². The van der Waals surface area contributed by atoms with Gasteiger partial charge in [0.2, 0.25) is 0 Å². The SMILES string of the molecule is CCC(C)N(CC(=O)O)Cc1ccccc1C(F)(F)F. The van der Waals surface area contributed by atoms with E-state index in [4.69, 9.17) is 5.11 Å². The fourth-order valence-electron chi connectivity index (χ4n) is 1.95. The molecule has 1 aromatic rings. The molecule has 0 saturated carbocycles. The molecule has 0 aliphatic heterocycles. The summed E-state index contributed by atoms with van der Waals surface area (Å²) >= 11 is 0. The van der Waals surface area contributed by atoms with Crippen LogP contribution in [0.4, 0.5) is 13.2 Å². The van der Waals surface area contributed by atoms with Crippen LogP contribution in [0.25, 0.3) is 0 Å². The Hall–Kier alpha value is -1.56. The Morgan fingerprint density at radius 1 is 1.35 bits per heavy atom. The van der Waals surface area contributed by atoms with E-state index in [1.165, 1.54) is 23.1 Å². The number of benzene rings is 1. The van der Waals surface area contributed by atoms with Gasteiger partial charge < -0.3 is 5.11 Å². The molecule has 20 heavy (non-hydrogen) atoms. The first-order chi connectivity index (χ1) is 9.25. The molecule has 0 aliphatic rings. The van der Waals surface area contributed by atoms with Crippen molar-refractivity contribution in [1.82, 2.24) is 4.90 Å². The summed E-state index contributed by atoms with van der Waals surface area (Å²) in [5.41, 5.74) is -0.611. The summed E-state index contributed by atoms with van der Waals surface area (Å²) in [6.07, 6.45) is -3.76. The zero-order valence-electron chi connectivity index (χ0n) is 11.4. The maximum absolute atomic E-state index is 12.9. The third-order valence-electron chi connectivity index (χ3n) is 3.25. The Balaban J connectivity index is 3.02. The number of hydrogen-bond donors (Lipinski definition) is 1. The lowest BCUT2D eigenvalue weighted by Crippen LogP contribution is -2.37. The summed E-state index contributed by atoms with van der Waals surface area (Å²) in [6, 6.07) is 5.16. The lowest BCUT2D eigenvalue weighted by Gasteiger charge is -2.27.